The van der Waals surface area contributed by atoms with Gasteiger partial charge in [0.25, 0.3) is 0 Å². The third-order valence-electron chi connectivity index (χ3n) is 4.87. The van der Waals surface area contributed by atoms with Crippen LogP contribution in [0.4, 0.5) is 0 Å². The topological polar surface area (TPSA) is 59.4 Å². The van der Waals surface area contributed by atoms with Crippen LogP contribution >= 0.6 is 0 Å². The summed E-state index contributed by atoms with van der Waals surface area (Å²) in [4.78, 5) is 16.8. The van der Waals surface area contributed by atoms with Crippen molar-refractivity contribution in [3.63, 3.8) is 0 Å². The molecule has 5 heteroatoms. The Hall–Kier alpha value is -1.90. The standard InChI is InChI=1S/C19H28N4O/c1-16(2)19(3,15-20)21-18(24)14-23-11-9-22(10-12-23)13-17-7-5-4-6-8-17/h4-8,16H,9-14H2,1-3H3,(H,21,24)/t19-/m1/s1. The maximum absolute atomic E-state index is 12.2. The maximum atomic E-state index is 12.2. The second-order valence-electron chi connectivity index (χ2n) is 7.05. The molecule has 0 unspecified atom stereocenters. The van der Waals surface area contributed by atoms with Gasteiger partial charge in [0.05, 0.1) is 12.6 Å². The van der Waals surface area contributed by atoms with Crippen molar-refractivity contribution in [1.29, 1.82) is 5.26 Å². The number of hydrogen-bond acceptors (Lipinski definition) is 4. The van der Waals surface area contributed by atoms with Gasteiger partial charge in [-0.05, 0) is 18.4 Å². The molecule has 1 amide bonds. The lowest BCUT2D eigenvalue weighted by Crippen LogP contribution is -2.54. The van der Waals surface area contributed by atoms with E-state index < -0.39 is 5.54 Å². The highest BCUT2D eigenvalue weighted by molar-refractivity contribution is 5.79. The molecule has 1 aromatic rings. The molecule has 1 N–H and O–H groups in total. The molecule has 1 aliphatic rings. The average Bonchev–Trinajstić information content (AvgIpc) is 2.57. The summed E-state index contributed by atoms with van der Waals surface area (Å²) in [6.45, 7) is 10.7. The van der Waals surface area contributed by atoms with Gasteiger partial charge >= 0.3 is 0 Å². The highest BCUT2D eigenvalue weighted by atomic mass is 16.2. The molecule has 0 saturated carbocycles. The summed E-state index contributed by atoms with van der Waals surface area (Å²) in [6, 6.07) is 12.7. The van der Waals surface area contributed by atoms with Crippen LogP contribution in [0.2, 0.25) is 0 Å². The van der Waals surface area contributed by atoms with E-state index in [1.165, 1.54) is 5.56 Å². The minimum absolute atomic E-state index is 0.0655. The van der Waals surface area contributed by atoms with E-state index in [1.54, 1.807) is 6.92 Å². The zero-order valence-electron chi connectivity index (χ0n) is 15.0. The maximum Gasteiger partial charge on any atom is 0.235 e. The van der Waals surface area contributed by atoms with Gasteiger partial charge in [0.15, 0.2) is 0 Å². The lowest BCUT2D eigenvalue weighted by atomic mass is 9.90. The van der Waals surface area contributed by atoms with Crippen molar-refractivity contribution in [1.82, 2.24) is 15.1 Å². The Balaban J connectivity index is 1.77. The molecular formula is C19H28N4O. The molecule has 1 fully saturated rings. The lowest BCUT2D eigenvalue weighted by Gasteiger charge is -2.35. The molecule has 0 aliphatic carbocycles. The predicted octanol–water partition coefficient (Wildman–Crippen LogP) is 1.86. The van der Waals surface area contributed by atoms with Crippen molar-refractivity contribution in [2.45, 2.75) is 32.9 Å². The summed E-state index contributed by atoms with van der Waals surface area (Å²) in [7, 11) is 0. The number of piperazine rings is 1. The summed E-state index contributed by atoms with van der Waals surface area (Å²) in [5.41, 5.74) is 0.525. The van der Waals surface area contributed by atoms with E-state index in [9.17, 15) is 10.1 Å². The third-order valence-corrected chi connectivity index (χ3v) is 4.87. The lowest BCUT2D eigenvalue weighted by molar-refractivity contribution is -0.124. The Kier molecular flexibility index (Phi) is 6.36. The van der Waals surface area contributed by atoms with Gasteiger partial charge in [-0.3, -0.25) is 14.6 Å². The largest absolute Gasteiger partial charge is 0.337 e. The SMILES string of the molecule is CC(C)[C@@](C)(C#N)NC(=O)CN1CCN(Cc2ccccc2)CC1. The molecular weight excluding hydrogens is 300 g/mol. The number of nitrogens with one attached hydrogen (secondary N) is 1. The number of rotatable bonds is 6. The van der Waals surface area contributed by atoms with Gasteiger partial charge < -0.3 is 5.32 Å². The molecule has 2 rings (SSSR count). The van der Waals surface area contributed by atoms with Crippen LogP contribution in [0.1, 0.15) is 26.3 Å². The van der Waals surface area contributed by atoms with Crippen LogP contribution in [0.5, 0.6) is 0 Å². The number of carbonyl (C=O) groups is 1. The molecule has 1 heterocycles. The first kappa shape index (κ1) is 18.4. The van der Waals surface area contributed by atoms with E-state index in [0.29, 0.717) is 6.54 Å². The van der Waals surface area contributed by atoms with E-state index in [2.05, 4.69) is 45.5 Å². The second kappa shape index (κ2) is 8.27. The van der Waals surface area contributed by atoms with Gasteiger partial charge in [-0.15, -0.1) is 0 Å². The summed E-state index contributed by atoms with van der Waals surface area (Å²) < 4.78 is 0. The monoisotopic (exact) mass is 328 g/mol. The van der Waals surface area contributed by atoms with Crippen LogP contribution in [0.15, 0.2) is 30.3 Å². The van der Waals surface area contributed by atoms with E-state index >= 15 is 0 Å². The number of benzene rings is 1. The van der Waals surface area contributed by atoms with Gasteiger partial charge in [0.2, 0.25) is 5.91 Å². The van der Waals surface area contributed by atoms with Crippen LogP contribution < -0.4 is 5.32 Å². The number of nitrogens with zero attached hydrogens (tertiary/aromatic N) is 3. The molecule has 0 radical (unpaired) electrons. The average molecular weight is 328 g/mol. The number of amides is 1. The minimum Gasteiger partial charge on any atom is -0.337 e. The van der Waals surface area contributed by atoms with Crippen LogP contribution in [0, 0.1) is 17.2 Å². The van der Waals surface area contributed by atoms with Gasteiger partial charge in [0, 0.05) is 32.7 Å². The predicted molar refractivity (Wildman–Crippen MR) is 95.2 cm³/mol. The zero-order chi connectivity index (χ0) is 17.6. The third kappa shape index (κ3) is 5.05. The Labute approximate surface area is 145 Å². The van der Waals surface area contributed by atoms with Crippen LogP contribution in [0.3, 0.4) is 0 Å². The zero-order valence-corrected chi connectivity index (χ0v) is 15.0. The van der Waals surface area contributed by atoms with Crippen molar-refractivity contribution < 1.29 is 4.79 Å². The van der Waals surface area contributed by atoms with Crippen molar-refractivity contribution >= 4 is 5.91 Å². The number of hydrogen-bond donors (Lipinski definition) is 1. The van der Waals surface area contributed by atoms with Crippen molar-refractivity contribution in [3.05, 3.63) is 35.9 Å². The molecule has 0 spiro atoms. The summed E-state index contributed by atoms with van der Waals surface area (Å²) in [5.74, 6) is 0.0124. The fourth-order valence-corrected chi connectivity index (χ4v) is 2.78. The molecule has 1 atom stereocenters. The normalized spacial score (nSPS) is 18.8. The molecule has 130 valence electrons. The van der Waals surface area contributed by atoms with Gasteiger partial charge in [0.1, 0.15) is 5.54 Å². The molecule has 1 saturated heterocycles. The van der Waals surface area contributed by atoms with Crippen LogP contribution in [-0.4, -0.2) is 54.0 Å². The Bertz CT molecular complexity index is 573. The van der Waals surface area contributed by atoms with E-state index in [-0.39, 0.29) is 11.8 Å². The van der Waals surface area contributed by atoms with Crippen molar-refractivity contribution in [2.24, 2.45) is 5.92 Å². The van der Waals surface area contributed by atoms with E-state index in [1.807, 2.05) is 19.9 Å². The van der Waals surface area contributed by atoms with E-state index in [0.717, 1.165) is 32.7 Å². The molecule has 1 aliphatic heterocycles. The summed E-state index contributed by atoms with van der Waals surface area (Å²) >= 11 is 0. The first-order valence-corrected chi connectivity index (χ1v) is 8.64. The highest BCUT2D eigenvalue weighted by Gasteiger charge is 2.30. The van der Waals surface area contributed by atoms with Gasteiger partial charge in [-0.25, -0.2) is 0 Å². The molecule has 24 heavy (non-hydrogen) atoms. The summed E-state index contributed by atoms with van der Waals surface area (Å²) in [5, 5.41) is 12.2. The van der Waals surface area contributed by atoms with Crippen LogP contribution in [-0.2, 0) is 11.3 Å². The fourth-order valence-electron chi connectivity index (χ4n) is 2.78. The second-order valence-corrected chi connectivity index (χ2v) is 7.05. The summed E-state index contributed by atoms with van der Waals surface area (Å²) in [6.07, 6.45) is 0. The quantitative estimate of drug-likeness (QED) is 0.866. The van der Waals surface area contributed by atoms with Gasteiger partial charge in [-0.2, -0.15) is 5.26 Å². The first-order valence-electron chi connectivity index (χ1n) is 8.64. The molecule has 1 aromatic carbocycles. The van der Waals surface area contributed by atoms with E-state index in [4.69, 9.17) is 0 Å². The Morgan fingerprint density at radius 3 is 2.33 bits per heavy atom. The van der Waals surface area contributed by atoms with Crippen molar-refractivity contribution in [3.8, 4) is 6.07 Å². The highest BCUT2D eigenvalue weighted by Crippen LogP contribution is 2.15. The fraction of sp³-hybridized carbons (Fsp3) is 0.579. The first-order chi connectivity index (χ1) is 11.4. The minimum atomic E-state index is -0.799. The Morgan fingerprint density at radius 2 is 1.79 bits per heavy atom. The molecule has 0 aromatic heterocycles. The number of nitriles is 1. The smallest absolute Gasteiger partial charge is 0.235 e. The Morgan fingerprint density at radius 1 is 1.21 bits per heavy atom. The molecule has 0 bridgehead atoms. The van der Waals surface area contributed by atoms with Crippen molar-refractivity contribution in [2.75, 3.05) is 32.7 Å². The number of carbonyl (C=O) groups excluding carboxylic acids is 1. The molecule has 5 nitrogen and oxygen atoms in total. The van der Waals surface area contributed by atoms with Gasteiger partial charge in [-0.1, -0.05) is 44.2 Å². The van der Waals surface area contributed by atoms with Crippen LogP contribution in [0.25, 0.3) is 0 Å².